The molecule has 96 valence electrons. The Morgan fingerprint density at radius 1 is 1.53 bits per heavy atom. The zero-order chi connectivity index (χ0) is 13.1. The molecule has 0 saturated heterocycles. The summed E-state index contributed by atoms with van der Waals surface area (Å²) in [5, 5.41) is 8.82. The van der Waals surface area contributed by atoms with E-state index in [1.54, 1.807) is 6.92 Å². The van der Waals surface area contributed by atoms with Crippen molar-refractivity contribution in [2.45, 2.75) is 17.9 Å². The van der Waals surface area contributed by atoms with Crippen LogP contribution in [0.1, 0.15) is 6.92 Å². The van der Waals surface area contributed by atoms with E-state index in [-0.39, 0.29) is 11.5 Å². The Bertz CT molecular complexity index is 487. The molecule has 1 atom stereocenters. The number of anilines is 1. The van der Waals surface area contributed by atoms with Gasteiger partial charge in [-0.25, -0.2) is 13.1 Å². The number of aliphatic hydroxyl groups excluding tert-OH is 1. The Hall–Kier alpha value is -1.31. The molecular formula is C10H16N2O4S. The van der Waals surface area contributed by atoms with E-state index >= 15 is 0 Å². The van der Waals surface area contributed by atoms with Gasteiger partial charge in [-0.2, -0.15) is 0 Å². The van der Waals surface area contributed by atoms with Gasteiger partial charge in [0.25, 0.3) is 0 Å². The molecule has 1 aromatic rings. The van der Waals surface area contributed by atoms with E-state index in [0.29, 0.717) is 11.4 Å². The van der Waals surface area contributed by atoms with E-state index in [2.05, 4.69) is 4.72 Å². The first-order valence-electron chi connectivity index (χ1n) is 4.97. The van der Waals surface area contributed by atoms with Gasteiger partial charge in [0.05, 0.1) is 24.3 Å². The fourth-order valence-corrected chi connectivity index (χ4v) is 2.48. The van der Waals surface area contributed by atoms with Crippen molar-refractivity contribution in [1.29, 1.82) is 0 Å². The lowest BCUT2D eigenvalue weighted by Gasteiger charge is -2.12. The van der Waals surface area contributed by atoms with Crippen molar-refractivity contribution in [3.8, 4) is 5.75 Å². The molecule has 1 unspecified atom stereocenters. The average molecular weight is 260 g/mol. The monoisotopic (exact) mass is 260 g/mol. The van der Waals surface area contributed by atoms with Crippen molar-refractivity contribution in [2.24, 2.45) is 0 Å². The van der Waals surface area contributed by atoms with E-state index in [9.17, 15) is 8.42 Å². The molecule has 0 aromatic heterocycles. The molecule has 7 heteroatoms. The summed E-state index contributed by atoms with van der Waals surface area (Å²) in [6, 6.07) is 3.62. The summed E-state index contributed by atoms with van der Waals surface area (Å²) >= 11 is 0. The molecule has 6 nitrogen and oxygen atoms in total. The van der Waals surface area contributed by atoms with Crippen LogP contribution in [0.3, 0.4) is 0 Å². The van der Waals surface area contributed by atoms with Gasteiger partial charge in [0.1, 0.15) is 5.75 Å². The lowest BCUT2D eigenvalue weighted by Crippen LogP contribution is -2.35. The summed E-state index contributed by atoms with van der Waals surface area (Å²) < 4.78 is 31.0. The molecular weight excluding hydrogens is 244 g/mol. The van der Waals surface area contributed by atoms with E-state index in [0.717, 1.165) is 0 Å². The highest BCUT2D eigenvalue weighted by Gasteiger charge is 2.18. The average Bonchev–Trinajstić information content (AvgIpc) is 2.28. The maximum Gasteiger partial charge on any atom is 0.241 e. The van der Waals surface area contributed by atoms with Crippen LogP contribution in [-0.4, -0.2) is 33.3 Å². The summed E-state index contributed by atoms with van der Waals surface area (Å²) in [5.74, 6) is 0.296. The highest BCUT2D eigenvalue weighted by Crippen LogP contribution is 2.24. The Morgan fingerprint density at radius 3 is 2.71 bits per heavy atom. The number of benzene rings is 1. The number of nitrogens with one attached hydrogen (secondary N) is 1. The number of rotatable bonds is 5. The van der Waals surface area contributed by atoms with Crippen LogP contribution in [-0.2, 0) is 10.0 Å². The lowest BCUT2D eigenvalue weighted by atomic mass is 10.3. The summed E-state index contributed by atoms with van der Waals surface area (Å²) in [6.07, 6.45) is 0. The van der Waals surface area contributed by atoms with Gasteiger partial charge in [-0.15, -0.1) is 0 Å². The van der Waals surface area contributed by atoms with Crippen molar-refractivity contribution >= 4 is 15.7 Å². The summed E-state index contributed by atoms with van der Waals surface area (Å²) in [5.41, 5.74) is 5.95. The number of nitrogen functional groups attached to an aromatic ring is 1. The first-order valence-corrected chi connectivity index (χ1v) is 6.45. The van der Waals surface area contributed by atoms with Gasteiger partial charge in [0, 0.05) is 12.1 Å². The van der Waals surface area contributed by atoms with E-state index in [1.807, 2.05) is 0 Å². The Morgan fingerprint density at radius 2 is 2.18 bits per heavy atom. The molecule has 0 aliphatic rings. The normalized spacial score (nSPS) is 13.4. The Kier molecular flexibility index (Phi) is 4.33. The van der Waals surface area contributed by atoms with Gasteiger partial charge in [0.15, 0.2) is 0 Å². The third-order valence-corrected chi connectivity index (χ3v) is 3.73. The molecule has 0 heterocycles. The van der Waals surface area contributed by atoms with Crippen LogP contribution in [0.2, 0.25) is 0 Å². The standard InChI is InChI=1S/C10H16N2O4S/c1-7(6-13)12-17(14,15)8-3-4-9(11)10(5-8)16-2/h3-5,7,12-13H,6,11H2,1-2H3. The van der Waals surface area contributed by atoms with Gasteiger partial charge in [-0.05, 0) is 19.1 Å². The minimum Gasteiger partial charge on any atom is -0.495 e. The van der Waals surface area contributed by atoms with Gasteiger partial charge in [0.2, 0.25) is 10.0 Å². The third kappa shape index (κ3) is 3.32. The van der Waals surface area contributed by atoms with Gasteiger partial charge >= 0.3 is 0 Å². The smallest absolute Gasteiger partial charge is 0.241 e. The van der Waals surface area contributed by atoms with Crippen LogP contribution in [0, 0.1) is 0 Å². The van der Waals surface area contributed by atoms with Crippen LogP contribution in [0.5, 0.6) is 5.75 Å². The number of ether oxygens (including phenoxy) is 1. The second-order valence-electron chi connectivity index (χ2n) is 3.61. The fourth-order valence-electron chi connectivity index (χ4n) is 1.23. The second kappa shape index (κ2) is 5.35. The van der Waals surface area contributed by atoms with Crippen LogP contribution >= 0.6 is 0 Å². The van der Waals surface area contributed by atoms with Crippen molar-refractivity contribution in [3.05, 3.63) is 18.2 Å². The summed E-state index contributed by atoms with van der Waals surface area (Å²) in [4.78, 5) is 0.0452. The quantitative estimate of drug-likeness (QED) is 0.644. The van der Waals surface area contributed by atoms with Crippen LogP contribution in [0.25, 0.3) is 0 Å². The molecule has 4 N–H and O–H groups in total. The van der Waals surface area contributed by atoms with Crippen molar-refractivity contribution < 1.29 is 18.3 Å². The molecule has 17 heavy (non-hydrogen) atoms. The molecule has 0 amide bonds. The van der Waals surface area contributed by atoms with E-state index in [4.69, 9.17) is 15.6 Å². The van der Waals surface area contributed by atoms with Gasteiger partial charge < -0.3 is 15.6 Å². The molecule has 1 aromatic carbocycles. The van der Waals surface area contributed by atoms with Crippen LogP contribution < -0.4 is 15.2 Å². The van der Waals surface area contributed by atoms with Crippen molar-refractivity contribution in [3.63, 3.8) is 0 Å². The number of methoxy groups -OCH3 is 1. The van der Waals surface area contributed by atoms with Crippen molar-refractivity contribution in [1.82, 2.24) is 4.72 Å². The minimum atomic E-state index is -3.67. The Balaban J connectivity index is 3.07. The first kappa shape index (κ1) is 13.8. The number of sulfonamides is 1. The van der Waals surface area contributed by atoms with Crippen molar-refractivity contribution in [2.75, 3.05) is 19.5 Å². The molecule has 0 aliphatic heterocycles. The zero-order valence-electron chi connectivity index (χ0n) is 9.67. The lowest BCUT2D eigenvalue weighted by molar-refractivity contribution is 0.265. The van der Waals surface area contributed by atoms with Crippen LogP contribution in [0.15, 0.2) is 23.1 Å². The number of hydrogen-bond donors (Lipinski definition) is 3. The first-order chi connectivity index (χ1) is 7.90. The number of nitrogens with two attached hydrogens (primary N) is 1. The highest BCUT2D eigenvalue weighted by atomic mass is 32.2. The molecule has 0 fully saturated rings. The molecule has 0 radical (unpaired) electrons. The number of hydrogen-bond acceptors (Lipinski definition) is 5. The maximum atomic E-state index is 11.9. The second-order valence-corrected chi connectivity index (χ2v) is 5.32. The predicted octanol–water partition coefficient (Wildman–Crippen LogP) is -0.0635. The topological polar surface area (TPSA) is 102 Å². The minimum absolute atomic E-state index is 0.0452. The predicted molar refractivity (Wildman–Crippen MR) is 64.3 cm³/mol. The SMILES string of the molecule is COc1cc(S(=O)(=O)NC(C)CO)ccc1N. The zero-order valence-corrected chi connectivity index (χ0v) is 10.5. The molecule has 0 bridgehead atoms. The Labute approximate surface area is 100 Å². The van der Waals surface area contributed by atoms with E-state index in [1.165, 1.54) is 25.3 Å². The summed E-state index contributed by atoms with van der Waals surface area (Å²) in [6.45, 7) is 1.29. The van der Waals surface area contributed by atoms with Gasteiger partial charge in [-0.1, -0.05) is 0 Å². The highest BCUT2D eigenvalue weighted by molar-refractivity contribution is 7.89. The molecule has 1 rings (SSSR count). The molecule has 0 saturated carbocycles. The molecule has 0 aliphatic carbocycles. The third-order valence-electron chi connectivity index (χ3n) is 2.15. The summed E-state index contributed by atoms with van der Waals surface area (Å²) in [7, 11) is -2.26. The maximum absolute atomic E-state index is 11.9. The fraction of sp³-hybridized carbons (Fsp3) is 0.400. The molecule has 0 spiro atoms. The number of aliphatic hydroxyl groups is 1. The largest absolute Gasteiger partial charge is 0.495 e. The van der Waals surface area contributed by atoms with Crippen LogP contribution in [0.4, 0.5) is 5.69 Å². The van der Waals surface area contributed by atoms with Gasteiger partial charge in [-0.3, -0.25) is 0 Å². The van der Waals surface area contributed by atoms with E-state index < -0.39 is 16.1 Å².